The molecule has 1 aromatic carbocycles. The number of benzene rings is 1. The van der Waals surface area contributed by atoms with E-state index < -0.39 is 40.0 Å². The Morgan fingerprint density at radius 2 is 1.76 bits per heavy atom. The summed E-state index contributed by atoms with van der Waals surface area (Å²) in [5, 5.41) is 19.1. The molecule has 3 N–H and O–H groups in total. The normalized spacial score (nSPS) is 34.5. The molecule has 6 aliphatic rings. The lowest BCUT2D eigenvalue weighted by Crippen LogP contribution is -2.70. The first-order valence-electron chi connectivity index (χ1n) is 19.9. The molecular weight excluding hydrogens is 721 g/mol. The van der Waals surface area contributed by atoms with E-state index in [4.69, 9.17) is 9.26 Å². The number of ether oxygens (including phenoxy) is 1. The van der Waals surface area contributed by atoms with Crippen LogP contribution in [0.3, 0.4) is 0 Å². The van der Waals surface area contributed by atoms with Crippen LogP contribution in [-0.4, -0.2) is 86.1 Å². The van der Waals surface area contributed by atoms with Gasteiger partial charge in [-0.3, -0.25) is 19.2 Å². The Morgan fingerprint density at radius 3 is 2.51 bits per heavy atom. The maximum absolute atomic E-state index is 13.5. The van der Waals surface area contributed by atoms with Crippen LogP contribution in [0.2, 0.25) is 0 Å². The highest BCUT2D eigenvalue weighted by atomic mass is 32.2. The Labute approximate surface area is 325 Å². The van der Waals surface area contributed by atoms with E-state index >= 15 is 0 Å². The van der Waals surface area contributed by atoms with Crippen LogP contribution in [0, 0.1) is 35.5 Å². The van der Waals surface area contributed by atoms with E-state index in [9.17, 15) is 29.1 Å². The van der Waals surface area contributed by atoms with Crippen molar-refractivity contribution in [3.8, 4) is 11.3 Å². The molecular formula is C42H52N4O8S. The summed E-state index contributed by atoms with van der Waals surface area (Å²) in [5.41, 5.74) is 3.25. The number of allylic oxidation sites excluding steroid dienone is 1. The first-order chi connectivity index (χ1) is 26.1. The van der Waals surface area contributed by atoms with Crippen LogP contribution < -0.4 is 10.6 Å². The van der Waals surface area contributed by atoms with Gasteiger partial charge in [-0.05, 0) is 119 Å². The van der Waals surface area contributed by atoms with E-state index in [2.05, 4.69) is 29.6 Å². The van der Waals surface area contributed by atoms with E-state index in [1.807, 2.05) is 6.08 Å². The number of aryl methyl sites for hydroxylation is 1. The number of β-lactam (4-membered cyclic amide) rings is 1. The van der Waals surface area contributed by atoms with Crippen LogP contribution in [0.1, 0.15) is 112 Å². The zero-order valence-electron chi connectivity index (χ0n) is 32.3. The van der Waals surface area contributed by atoms with E-state index in [0.29, 0.717) is 60.7 Å². The van der Waals surface area contributed by atoms with Gasteiger partial charge in [0.05, 0.1) is 6.10 Å². The predicted molar refractivity (Wildman–Crippen MR) is 205 cm³/mol. The molecule has 8 rings (SSSR count). The molecule has 3 amide bonds. The third-order valence-electron chi connectivity index (χ3n) is 14.3. The molecule has 4 aliphatic carbocycles. The lowest BCUT2D eigenvalue weighted by Gasteiger charge is -2.58. The molecule has 13 heteroatoms. The van der Waals surface area contributed by atoms with E-state index in [1.165, 1.54) is 47.9 Å². The van der Waals surface area contributed by atoms with Gasteiger partial charge < -0.3 is 29.9 Å². The third kappa shape index (κ3) is 6.24. The molecule has 2 aliphatic heterocycles. The molecule has 0 bridgehead atoms. The highest BCUT2D eigenvalue weighted by Gasteiger charge is 2.64. The van der Waals surface area contributed by atoms with Gasteiger partial charge in [0.1, 0.15) is 34.5 Å². The molecule has 12 nitrogen and oxygen atoms in total. The number of hydrogen-bond acceptors (Lipinski definition) is 9. The summed E-state index contributed by atoms with van der Waals surface area (Å²) in [7, 11) is 0. The molecule has 5 fully saturated rings. The number of nitrogens with zero attached hydrogens (tertiary/aromatic N) is 2. The molecule has 294 valence electrons. The molecule has 1 aromatic heterocycles. The molecule has 0 radical (unpaired) electrons. The maximum atomic E-state index is 13.5. The fourth-order valence-corrected chi connectivity index (χ4v) is 13.0. The average molecular weight is 773 g/mol. The minimum absolute atomic E-state index is 0.171. The van der Waals surface area contributed by atoms with E-state index in [0.717, 1.165) is 19.3 Å². The summed E-state index contributed by atoms with van der Waals surface area (Å²) in [5.74, 6) is 0.342. The quantitative estimate of drug-likeness (QED) is 0.195. The molecule has 9 unspecified atom stereocenters. The second kappa shape index (κ2) is 13.9. The van der Waals surface area contributed by atoms with Crippen molar-refractivity contribution in [2.75, 3.05) is 13.2 Å². The minimum Gasteiger partial charge on any atom is -0.480 e. The number of thioether (sulfide) groups is 1. The van der Waals surface area contributed by atoms with Crippen LogP contribution in [-0.2, 0) is 19.1 Å². The molecule has 9 atom stereocenters. The van der Waals surface area contributed by atoms with Crippen molar-refractivity contribution in [3.05, 3.63) is 52.8 Å². The first kappa shape index (κ1) is 37.9. The maximum Gasteiger partial charge on any atom is 0.327 e. The second-order valence-electron chi connectivity index (χ2n) is 17.6. The SMILES string of the molecule is Cc1onc(-c2ccc(C(=O)NCCCOC3CCC4C5CCC6=CC(=O)CCC6(C)C5CCC34C)cc2)c1C(=O)NC1C(=O)N2C1SC(C)(C)C2C(=O)O. The van der Waals surface area contributed by atoms with Crippen LogP contribution in [0.4, 0.5) is 0 Å². The van der Waals surface area contributed by atoms with Gasteiger partial charge in [0, 0.05) is 35.4 Å². The van der Waals surface area contributed by atoms with Gasteiger partial charge in [-0.1, -0.05) is 36.7 Å². The van der Waals surface area contributed by atoms with E-state index in [1.54, 1.807) is 45.0 Å². The van der Waals surface area contributed by atoms with Gasteiger partial charge in [0.2, 0.25) is 5.91 Å². The van der Waals surface area contributed by atoms with Crippen LogP contribution in [0.15, 0.2) is 40.4 Å². The third-order valence-corrected chi connectivity index (χ3v) is 15.8. The zero-order chi connectivity index (χ0) is 39.0. The number of aliphatic carboxylic acids is 1. The standard InChI is InChI=1S/C42H52N4O8S/c1-22-31(36(49)44-33-37(50)46-34(39(51)52)40(2,3)55-38(33)46)32(45-54-22)23-7-9-24(10-8-23)35(48)43-19-6-20-53-30-14-13-28-27-12-11-25-21-26(47)15-17-41(25,4)29(27)16-18-42(28,30)5/h7-10,21,27-30,33-34,38H,6,11-20H2,1-5H3,(H,43,48)(H,44,49)(H,51,52). The number of ketones is 1. The van der Waals surface area contributed by atoms with Crippen molar-refractivity contribution in [1.29, 1.82) is 0 Å². The molecule has 0 spiro atoms. The number of nitrogens with one attached hydrogen (secondary N) is 2. The monoisotopic (exact) mass is 772 g/mol. The Balaban J connectivity index is 0.819. The number of carbonyl (C=O) groups is 5. The number of hydrogen-bond donors (Lipinski definition) is 3. The summed E-state index contributed by atoms with van der Waals surface area (Å²) < 4.78 is 11.2. The Bertz CT molecular complexity index is 1960. The van der Waals surface area contributed by atoms with Crippen molar-refractivity contribution in [1.82, 2.24) is 20.7 Å². The predicted octanol–water partition coefficient (Wildman–Crippen LogP) is 5.93. The molecule has 55 heavy (non-hydrogen) atoms. The largest absolute Gasteiger partial charge is 0.480 e. The van der Waals surface area contributed by atoms with Crippen molar-refractivity contribution in [2.24, 2.45) is 28.6 Å². The lowest BCUT2D eigenvalue weighted by molar-refractivity contribution is -0.159. The van der Waals surface area contributed by atoms with Crippen LogP contribution >= 0.6 is 11.8 Å². The molecule has 2 aromatic rings. The fraction of sp³-hybridized carbons (Fsp3) is 0.619. The number of aromatic nitrogens is 1. The summed E-state index contributed by atoms with van der Waals surface area (Å²) in [6, 6.07) is 4.93. The van der Waals surface area contributed by atoms with Gasteiger partial charge in [-0.2, -0.15) is 0 Å². The zero-order valence-corrected chi connectivity index (χ0v) is 33.1. The molecule has 3 saturated carbocycles. The first-order valence-corrected chi connectivity index (χ1v) is 20.8. The van der Waals surface area contributed by atoms with Crippen molar-refractivity contribution < 1.29 is 38.3 Å². The Morgan fingerprint density at radius 1 is 1.00 bits per heavy atom. The van der Waals surface area contributed by atoms with Gasteiger partial charge in [0.15, 0.2) is 5.78 Å². The smallest absolute Gasteiger partial charge is 0.327 e. The Kier molecular flexibility index (Phi) is 9.58. The van der Waals surface area contributed by atoms with Gasteiger partial charge in [0.25, 0.3) is 11.8 Å². The lowest BCUT2D eigenvalue weighted by atomic mass is 9.47. The number of rotatable bonds is 10. The van der Waals surface area contributed by atoms with Crippen molar-refractivity contribution in [3.63, 3.8) is 0 Å². The second-order valence-corrected chi connectivity index (χ2v) is 19.4. The van der Waals surface area contributed by atoms with Gasteiger partial charge in [-0.25, -0.2) is 4.79 Å². The van der Waals surface area contributed by atoms with Gasteiger partial charge in [-0.15, -0.1) is 11.8 Å². The van der Waals surface area contributed by atoms with Crippen LogP contribution in [0.5, 0.6) is 0 Å². The summed E-state index contributed by atoms with van der Waals surface area (Å²) in [6.07, 6.45) is 11.5. The summed E-state index contributed by atoms with van der Waals surface area (Å²) in [6.45, 7) is 11.1. The van der Waals surface area contributed by atoms with Crippen LogP contribution in [0.25, 0.3) is 11.3 Å². The molecule has 3 heterocycles. The summed E-state index contributed by atoms with van der Waals surface area (Å²) >= 11 is 1.35. The number of carboxylic acids is 1. The van der Waals surface area contributed by atoms with Gasteiger partial charge >= 0.3 is 5.97 Å². The highest BCUT2D eigenvalue weighted by molar-refractivity contribution is 8.01. The van der Waals surface area contributed by atoms with E-state index in [-0.39, 0.29) is 39.9 Å². The number of fused-ring (bicyclic) bond motifs is 6. The number of carbonyl (C=O) groups excluding carboxylic acids is 4. The minimum atomic E-state index is -1.07. The fourth-order valence-electron chi connectivity index (χ4n) is 11.4. The average Bonchev–Trinajstić information content (AvgIpc) is 3.79. The van der Waals surface area contributed by atoms with Crippen molar-refractivity contribution >= 4 is 41.2 Å². The highest BCUT2D eigenvalue weighted by Crippen LogP contribution is 2.65. The Hall–Kier alpha value is -3.97. The van der Waals surface area contributed by atoms with Crippen molar-refractivity contribution in [2.45, 2.75) is 121 Å². The topological polar surface area (TPSA) is 168 Å². The number of amides is 3. The summed E-state index contributed by atoms with van der Waals surface area (Å²) in [4.78, 5) is 64.9. The molecule has 2 saturated heterocycles. The number of carboxylic acid groups (broad SMARTS) is 1.